The van der Waals surface area contributed by atoms with E-state index in [0.29, 0.717) is 0 Å². The average molecular weight is 274 g/mol. The largest absolute Gasteiger partial charge is 0.373 e. The molecule has 0 radical (unpaired) electrons. The highest BCUT2D eigenvalue weighted by Gasteiger charge is 2.27. The minimum absolute atomic E-state index is 0.0913. The second kappa shape index (κ2) is 5.15. The predicted molar refractivity (Wildman–Crippen MR) is 71.8 cm³/mol. The molecule has 1 aromatic carbocycles. The van der Waals surface area contributed by atoms with Crippen molar-refractivity contribution < 1.29 is 4.74 Å². The lowest BCUT2D eigenvalue weighted by atomic mass is 10.1. The third kappa shape index (κ3) is 3.35. The molecule has 1 aliphatic heterocycles. The zero-order valence-electron chi connectivity index (χ0n) is 10.2. The second-order valence-corrected chi connectivity index (χ2v) is 5.83. The Morgan fingerprint density at radius 2 is 1.94 bits per heavy atom. The van der Waals surface area contributed by atoms with Crippen LogP contribution in [0.2, 0.25) is 10.0 Å². The van der Waals surface area contributed by atoms with Gasteiger partial charge < -0.3 is 4.74 Å². The molecule has 0 saturated carbocycles. The van der Waals surface area contributed by atoms with Gasteiger partial charge in [-0.1, -0.05) is 29.3 Å². The smallest absolute Gasteiger partial charge is 0.0753 e. The van der Waals surface area contributed by atoms with Crippen molar-refractivity contribution in [2.75, 3.05) is 19.7 Å². The van der Waals surface area contributed by atoms with Crippen molar-refractivity contribution in [3.63, 3.8) is 0 Å². The van der Waals surface area contributed by atoms with Gasteiger partial charge in [-0.05, 0) is 26.0 Å². The van der Waals surface area contributed by atoms with E-state index in [4.69, 9.17) is 27.9 Å². The number of morpholine rings is 1. The van der Waals surface area contributed by atoms with Crippen LogP contribution in [0.5, 0.6) is 0 Å². The summed E-state index contributed by atoms with van der Waals surface area (Å²) in [4.78, 5) is 2.33. The molecule has 1 aliphatic rings. The lowest BCUT2D eigenvalue weighted by molar-refractivity contribution is -0.0882. The molecule has 4 heteroatoms. The first-order valence-corrected chi connectivity index (χ1v) is 6.53. The number of benzene rings is 1. The Bertz CT molecular complexity index is 386. The molecule has 0 amide bonds. The zero-order valence-corrected chi connectivity index (χ0v) is 11.7. The van der Waals surface area contributed by atoms with Gasteiger partial charge in [0.15, 0.2) is 0 Å². The van der Waals surface area contributed by atoms with Crippen molar-refractivity contribution in [1.82, 2.24) is 4.90 Å². The van der Waals surface area contributed by atoms with Crippen molar-refractivity contribution in [3.05, 3.63) is 33.8 Å². The first kappa shape index (κ1) is 13.2. The van der Waals surface area contributed by atoms with Crippen LogP contribution >= 0.6 is 23.2 Å². The molecule has 0 atom stereocenters. The van der Waals surface area contributed by atoms with Crippen molar-refractivity contribution in [1.29, 1.82) is 0 Å². The maximum atomic E-state index is 6.18. The Labute approximate surface area is 112 Å². The van der Waals surface area contributed by atoms with Gasteiger partial charge in [0.2, 0.25) is 0 Å². The Morgan fingerprint density at radius 1 is 1.29 bits per heavy atom. The molecule has 0 aliphatic carbocycles. The molecule has 2 nitrogen and oxygen atoms in total. The quantitative estimate of drug-likeness (QED) is 0.817. The normalized spacial score (nSPS) is 20.5. The highest BCUT2D eigenvalue weighted by atomic mass is 35.5. The minimum atomic E-state index is -0.0913. The SMILES string of the molecule is CC1(C)CN(Cc2c(Cl)cccc2Cl)CCO1. The molecule has 0 bridgehead atoms. The Morgan fingerprint density at radius 3 is 2.53 bits per heavy atom. The van der Waals surface area contributed by atoms with Crippen LogP contribution in [0.1, 0.15) is 19.4 Å². The summed E-state index contributed by atoms with van der Waals surface area (Å²) in [7, 11) is 0. The van der Waals surface area contributed by atoms with Crippen LogP contribution in [-0.4, -0.2) is 30.2 Å². The molecule has 0 N–H and O–H groups in total. The fourth-order valence-electron chi connectivity index (χ4n) is 2.16. The number of halogens is 2. The van der Waals surface area contributed by atoms with E-state index in [1.807, 2.05) is 18.2 Å². The lowest BCUT2D eigenvalue weighted by Gasteiger charge is -2.38. The molecule has 1 saturated heterocycles. The monoisotopic (exact) mass is 273 g/mol. The van der Waals surface area contributed by atoms with E-state index in [0.717, 1.165) is 41.8 Å². The second-order valence-electron chi connectivity index (χ2n) is 5.02. The van der Waals surface area contributed by atoms with Crippen molar-refractivity contribution >= 4 is 23.2 Å². The van der Waals surface area contributed by atoms with E-state index in [9.17, 15) is 0 Å². The van der Waals surface area contributed by atoms with E-state index in [1.54, 1.807) is 0 Å². The molecule has 1 aromatic rings. The van der Waals surface area contributed by atoms with E-state index in [1.165, 1.54) is 0 Å². The van der Waals surface area contributed by atoms with Crippen LogP contribution in [0, 0.1) is 0 Å². The molecule has 1 heterocycles. The highest BCUT2D eigenvalue weighted by molar-refractivity contribution is 6.35. The molecule has 1 fully saturated rings. The standard InChI is InChI=1S/C13H17Cl2NO/c1-13(2)9-16(6-7-17-13)8-10-11(14)4-3-5-12(10)15/h3-5H,6-9H2,1-2H3. The Hall–Kier alpha value is -0.280. The van der Waals surface area contributed by atoms with Gasteiger partial charge in [-0.25, -0.2) is 0 Å². The van der Waals surface area contributed by atoms with Crippen LogP contribution in [0.4, 0.5) is 0 Å². The number of nitrogens with zero attached hydrogens (tertiary/aromatic N) is 1. The number of ether oxygens (including phenoxy) is 1. The van der Waals surface area contributed by atoms with Gasteiger partial charge in [-0.3, -0.25) is 4.90 Å². The summed E-state index contributed by atoms with van der Waals surface area (Å²) in [6.45, 7) is 7.57. The number of hydrogen-bond acceptors (Lipinski definition) is 2. The maximum absolute atomic E-state index is 6.18. The lowest BCUT2D eigenvalue weighted by Crippen LogP contribution is -2.47. The summed E-state index contributed by atoms with van der Waals surface area (Å²) in [5.74, 6) is 0. The minimum Gasteiger partial charge on any atom is -0.373 e. The molecule has 94 valence electrons. The van der Waals surface area contributed by atoms with Crippen molar-refractivity contribution in [3.8, 4) is 0 Å². The molecular formula is C13H17Cl2NO. The van der Waals surface area contributed by atoms with Crippen molar-refractivity contribution in [2.24, 2.45) is 0 Å². The average Bonchev–Trinajstić information content (AvgIpc) is 2.22. The summed E-state index contributed by atoms with van der Waals surface area (Å²) < 4.78 is 5.69. The van der Waals surface area contributed by atoms with Gasteiger partial charge >= 0.3 is 0 Å². The van der Waals surface area contributed by atoms with E-state index in [2.05, 4.69) is 18.7 Å². The third-order valence-electron chi connectivity index (χ3n) is 2.95. The molecule has 0 unspecified atom stereocenters. The Kier molecular flexibility index (Phi) is 3.99. The van der Waals surface area contributed by atoms with Gasteiger partial charge in [0, 0.05) is 35.2 Å². The summed E-state index contributed by atoms with van der Waals surface area (Å²) in [6.07, 6.45) is 0. The van der Waals surface area contributed by atoms with Crippen LogP contribution in [0.3, 0.4) is 0 Å². The molecule has 0 aromatic heterocycles. The first-order valence-electron chi connectivity index (χ1n) is 5.77. The third-order valence-corrected chi connectivity index (χ3v) is 3.66. The number of rotatable bonds is 2. The van der Waals surface area contributed by atoms with Crippen molar-refractivity contribution in [2.45, 2.75) is 26.0 Å². The summed E-state index contributed by atoms with van der Waals surface area (Å²) in [5.41, 5.74) is 0.917. The van der Waals surface area contributed by atoms with Gasteiger partial charge in [-0.2, -0.15) is 0 Å². The van der Waals surface area contributed by atoms with E-state index >= 15 is 0 Å². The highest BCUT2D eigenvalue weighted by Crippen LogP contribution is 2.27. The molecule has 2 rings (SSSR count). The molecular weight excluding hydrogens is 257 g/mol. The Balaban J connectivity index is 2.10. The topological polar surface area (TPSA) is 12.5 Å². The van der Waals surface area contributed by atoms with E-state index in [-0.39, 0.29) is 5.60 Å². The fourth-order valence-corrected chi connectivity index (χ4v) is 2.67. The molecule has 17 heavy (non-hydrogen) atoms. The van der Waals surface area contributed by atoms with Gasteiger partial charge in [0.1, 0.15) is 0 Å². The zero-order chi connectivity index (χ0) is 12.5. The fraction of sp³-hybridized carbons (Fsp3) is 0.538. The number of hydrogen-bond donors (Lipinski definition) is 0. The van der Waals surface area contributed by atoms with Gasteiger partial charge in [0.05, 0.1) is 12.2 Å². The van der Waals surface area contributed by atoms with Crippen LogP contribution in [0.25, 0.3) is 0 Å². The van der Waals surface area contributed by atoms with Crippen LogP contribution < -0.4 is 0 Å². The van der Waals surface area contributed by atoms with Gasteiger partial charge in [-0.15, -0.1) is 0 Å². The first-order chi connectivity index (χ1) is 7.98. The summed E-state index contributed by atoms with van der Waals surface area (Å²) in [5, 5.41) is 1.48. The predicted octanol–water partition coefficient (Wildman–Crippen LogP) is 3.60. The molecule has 0 spiro atoms. The van der Waals surface area contributed by atoms with E-state index < -0.39 is 0 Å². The summed E-state index contributed by atoms with van der Waals surface area (Å²) in [6, 6.07) is 5.64. The van der Waals surface area contributed by atoms with Crippen LogP contribution in [-0.2, 0) is 11.3 Å². The van der Waals surface area contributed by atoms with Gasteiger partial charge in [0.25, 0.3) is 0 Å². The maximum Gasteiger partial charge on any atom is 0.0753 e. The summed E-state index contributed by atoms with van der Waals surface area (Å²) >= 11 is 12.4. The van der Waals surface area contributed by atoms with Crippen LogP contribution in [0.15, 0.2) is 18.2 Å².